The topological polar surface area (TPSA) is 91.7 Å². The van der Waals surface area contributed by atoms with Gasteiger partial charge in [-0.15, -0.1) is 0 Å². The first kappa shape index (κ1) is 20.7. The molecule has 0 radical (unpaired) electrons. The fraction of sp³-hybridized carbons (Fsp3) is 0.292. The normalized spacial score (nSPS) is 14.4. The van der Waals surface area contributed by atoms with Gasteiger partial charge < -0.3 is 20.0 Å². The Morgan fingerprint density at radius 3 is 2.48 bits per heavy atom. The van der Waals surface area contributed by atoms with E-state index in [0.717, 1.165) is 10.8 Å². The van der Waals surface area contributed by atoms with E-state index in [-0.39, 0.29) is 36.7 Å². The molecule has 2 aromatic carbocycles. The number of carbonyl (C=O) groups excluding carboxylic acids is 3. The molecule has 0 unspecified atom stereocenters. The van der Waals surface area contributed by atoms with Gasteiger partial charge in [-0.2, -0.15) is 0 Å². The van der Waals surface area contributed by atoms with Crippen molar-refractivity contribution in [1.82, 2.24) is 15.5 Å². The number of carbonyl (C=O) groups is 3. The molecule has 7 heteroatoms. The highest BCUT2D eigenvalue weighted by molar-refractivity contribution is 6.07. The number of nitrogens with zero attached hydrogens (tertiary/aromatic N) is 1. The van der Waals surface area contributed by atoms with Crippen molar-refractivity contribution in [2.75, 3.05) is 19.6 Å². The number of piperidine rings is 1. The Bertz CT molecular complexity index is 1060. The number of amides is 3. The molecule has 3 aromatic rings. The van der Waals surface area contributed by atoms with E-state index in [9.17, 15) is 14.4 Å². The van der Waals surface area contributed by atoms with Crippen LogP contribution in [0.25, 0.3) is 10.8 Å². The van der Waals surface area contributed by atoms with Crippen LogP contribution in [0.4, 0.5) is 0 Å². The monoisotopic (exact) mass is 419 g/mol. The molecule has 2 heterocycles. The lowest BCUT2D eigenvalue weighted by molar-refractivity contribution is -0.129. The van der Waals surface area contributed by atoms with E-state index >= 15 is 0 Å². The fourth-order valence-corrected chi connectivity index (χ4v) is 3.90. The second-order valence-electron chi connectivity index (χ2n) is 7.67. The third-order valence-electron chi connectivity index (χ3n) is 5.64. The number of hydrogen-bond donors (Lipinski definition) is 2. The standard InChI is InChI=1S/C24H25N3O4/c28-22(25-15-19-7-4-14-31-19)16-26-23(29)18-10-12-27(13-11-18)24(30)21-9-3-6-17-5-1-2-8-20(17)21/h1-9,14,18H,10-13,15-16H2,(H,25,28)(H,26,29). The van der Waals surface area contributed by atoms with Gasteiger partial charge in [0.1, 0.15) is 5.76 Å². The summed E-state index contributed by atoms with van der Waals surface area (Å²) in [6.07, 6.45) is 2.70. The molecule has 160 valence electrons. The molecule has 7 nitrogen and oxygen atoms in total. The number of fused-ring (bicyclic) bond motifs is 1. The summed E-state index contributed by atoms with van der Waals surface area (Å²) in [6, 6.07) is 17.1. The van der Waals surface area contributed by atoms with Gasteiger partial charge in [-0.3, -0.25) is 14.4 Å². The highest BCUT2D eigenvalue weighted by Gasteiger charge is 2.28. The van der Waals surface area contributed by atoms with E-state index in [1.165, 1.54) is 0 Å². The first-order valence-corrected chi connectivity index (χ1v) is 10.5. The average molecular weight is 419 g/mol. The van der Waals surface area contributed by atoms with Crippen molar-refractivity contribution in [2.45, 2.75) is 19.4 Å². The fourth-order valence-electron chi connectivity index (χ4n) is 3.90. The maximum Gasteiger partial charge on any atom is 0.254 e. The van der Waals surface area contributed by atoms with E-state index in [2.05, 4.69) is 10.6 Å². The maximum atomic E-state index is 13.0. The minimum absolute atomic E-state index is 0.00652. The van der Waals surface area contributed by atoms with E-state index in [0.29, 0.717) is 37.3 Å². The molecular formula is C24H25N3O4. The predicted octanol–water partition coefficient (Wildman–Crippen LogP) is 2.72. The molecule has 4 rings (SSSR count). The lowest BCUT2D eigenvalue weighted by Gasteiger charge is -2.31. The number of nitrogens with one attached hydrogen (secondary N) is 2. The largest absolute Gasteiger partial charge is 0.467 e. The van der Waals surface area contributed by atoms with Crippen molar-refractivity contribution in [3.05, 3.63) is 72.2 Å². The van der Waals surface area contributed by atoms with Gasteiger partial charge >= 0.3 is 0 Å². The zero-order chi connectivity index (χ0) is 21.6. The number of likely N-dealkylation sites (tertiary alicyclic amines) is 1. The zero-order valence-electron chi connectivity index (χ0n) is 17.2. The highest BCUT2D eigenvalue weighted by atomic mass is 16.3. The van der Waals surface area contributed by atoms with Crippen LogP contribution in [0.3, 0.4) is 0 Å². The molecule has 1 aliphatic rings. The lowest BCUT2D eigenvalue weighted by Crippen LogP contribution is -2.45. The summed E-state index contributed by atoms with van der Waals surface area (Å²) in [5.74, 6) is 0.0315. The SMILES string of the molecule is O=C(CNC(=O)C1CCN(C(=O)c2cccc3ccccc23)CC1)NCc1ccco1. The predicted molar refractivity (Wildman–Crippen MR) is 116 cm³/mol. The molecule has 31 heavy (non-hydrogen) atoms. The van der Waals surface area contributed by atoms with Crippen LogP contribution in [0.1, 0.15) is 29.0 Å². The van der Waals surface area contributed by atoms with Crippen LogP contribution in [0.15, 0.2) is 65.3 Å². The number of hydrogen-bond acceptors (Lipinski definition) is 4. The van der Waals surface area contributed by atoms with Gasteiger partial charge in [0, 0.05) is 24.6 Å². The molecule has 1 aromatic heterocycles. The molecule has 3 amide bonds. The van der Waals surface area contributed by atoms with E-state index in [1.807, 2.05) is 47.4 Å². The molecule has 0 atom stereocenters. The average Bonchev–Trinajstić information content (AvgIpc) is 3.34. The summed E-state index contributed by atoms with van der Waals surface area (Å²) >= 11 is 0. The van der Waals surface area contributed by atoms with E-state index < -0.39 is 0 Å². The lowest BCUT2D eigenvalue weighted by atomic mass is 9.95. The number of furan rings is 1. The van der Waals surface area contributed by atoms with Gasteiger partial charge in [0.05, 0.1) is 19.4 Å². The van der Waals surface area contributed by atoms with Crippen molar-refractivity contribution in [3.63, 3.8) is 0 Å². The van der Waals surface area contributed by atoms with E-state index in [1.54, 1.807) is 18.4 Å². The molecular weight excluding hydrogens is 394 g/mol. The first-order valence-electron chi connectivity index (χ1n) is 10.5. The van der Waals surface area contributed by atoms with Crippen LogP contribution in [0, 0.1) is 5.92 Å². The van der Waals surface area contributed by atoms with Gasteiger partial charge in [-0.1, -0.05) is 36.4 Å². The van der Waals surface area contributed by atoms with Gasteiger partial charge in [0.2, 0.25) is 11.8 Å². The number of rotatable bonds is 6. The second kappa shape index (κ2) is 9.47. The van der Waals surface area contributed by atoms with Crippen LogP contribution in [-0.4, -0.2) is 42.3 Å². The Morgan fingerprint density at radius 2 is 1.71 bits per heavy atom. The minimum Gasteiger partial charge on any atom is -0.467 e. The molecule has 1 fully saturated rings. The van der Waals surface area contributed by atoms with Crippen molar-refractivity contribution in [3.8, 4) is 0 Å². The van der Waals surface area contributed by atoms with Gasteiger partial charge in [0.25, 0.3) is 5.91 Å². The first-order chi connectivity index (χ1) is 15.1. The zero-order valence-corrected chi connectivity index (χ0v) is 17.2. The van der Waals surface area contributed by atoms with Crippen LogP contribution >= 0.6 is 0 Å². The Hall–Kier alpha value is -3.61. The van der Waals surface area contributed by atoms with Crippen LogP contribution < -0.4 is 10.6 Å². The van der Waals surface area contributed by atoms with Crippen molar-refractivity contribution in [2.24, 2.45) is 5.92 Å². The summed E-state index contributed by atoms with van der Waals surface area (Å²) in [4.78, 5) is 39.2. The summed E-state index contributed by atoms with van der Waals surface area (Å²) < 4.78 is 5.16. The van der Waals surface area contributed by atoms with Gasteiger partial charge in [0.15, 0.2) is 0 Å². The van der Waals surface area contributed by atoms with Gasteiger partial charge in [-0.25, -0.2) is 0 Å². The van der Waals surface area contributed by atoms with Gasteiger partial charge in [-0.05, 0) is 41.8 Å². The third-order valence-corrected chi connectivity index (χ3v) is 5.64. The summed E-state index contributed by atoms with van der Waals surface area (Å²) in [5, 5.41) is 7.37. The molecule has 1 aliphatic heterocycles. The summed E-state index contributed by atoms with van der Waals surface area (Å²) in [5.41, 5.74) is 0.689. The van der Waals surface area contributed by atoms with Crippen LogP contribution in [0.2, 0.25) is 0 Å². The smallest absolute Gasteiger partial charge is 0.254 e. The van der Waals surface area contributed by atoms with E-state index in [4.69, 9.17) is 4.42 Å². The van der Waals surface area contributed by atoms with Crippen molar-refractivity contribution in [1.29, 1.82) is 0 Å². The van der Waals surface area contributed by atoms with Crippen LogP contribution in [0.5, 0.6) is 0 Å². The second-order valence-corrected chi connectivity index (χ2v) is 7.67. The Morgan fingerprint density at radius 1 is 0.935 bits per heavy atom. The summed E-state index contributed by atoms with van der Waals surface area (Å²) in [6.45, 7) is 1.25. The molecule has 2 N–H and O–H groups in total. The molecule has 0 aliphatic carbocycles. The van der Waals surface area contributed by atoms with Crippen LogP contribution in [-0.2, 0) is 16.1 Å². The molecule has 1 saturated heterocycles. The third kappa shape index (κ3) is 4.94. The Balaban J connectivity index is 1.25. The highest BCUT2D eigenvalue weighted by Crippen LogP contribution is 2.23. The quantitative estimate of drug-likeness (QED) is 0.643. The van der Waals surface area contributed by atoms with Crippen molar-refractivity contribution < 1.29 is 18.8 Å². The maximum absolute atomic E-state index is 13.0. The van der Waals surface area contributed by atoms with Crippen molar-refractivity contribution >= 4 is 28.5 Å². The molecule has 0 bridgehead atoms. The Kier molecular flexibility index (Phi) is 6.31. The summed E-state index contributed by atoms with van der Waals surface area (Å²) in [7, 11) is 0. The minimum atomic E-state index is -0.270. The number of benzene rings is 2. The molecule has 0 saturated carbocycles. The Labute approximate surface area is 180 Å². The molecule has 0 spiro atoms.